The lowest BCUT2D eigenvalue weighted by Crippen LogP contribution is -2.21. The Bertz CT molecular complexity index is 1290. The van der Waals surface area contributed by atoms with E-state index in [0.717, 1.165) is 22.4 Å². The number of hydrogen-bond donors (Lipinski definition) is 1. The Morgan fingerprint density at radius 2 is 1.82 bits per heavy atom. The van der Waals surface area contributed by atoms with Gasteiger partial charge in [0, 0.05) is 12.3 Å². The van der Waals surface area contributed by atoms with Gasteiger partial charge in [-0.15, -0.1) is 0 Å². The van der Waals surface area contributed by atoms with Crippen LogP contribution in [0.3, 0.4) is 0 Å². The van der Waals surface area contributed by atoms with E-state index in [0.29, 0.717) is 16.7 Å². The van der Waals surface area contributed by atoms with Crippen LogP contribution in [0, 0.1) is 5.82 Å². The number of nitrogens with zero attached hydrogens (tertiary/aromatic N) is 1. The van der Waals surface area contributed by atoms with Gasteiger partial charge in [0.25, 0.3) is 5.78 Å². The van der Waals surface area contributed by atoms with Crippen molar-refractivity contribution in [1.29, 1.82) is 0 Å². The Morgan fingerprint density at radius 1 is 1.09 bits per heavy atom. The molecule has 0 atom stereocenters. The normalized spacial score (nSPS) is 16.2. The molecule has 6 nitrogen and oxygen atoms in total. The van der Waals surface area contributed by atoms with Crippen LogP contribution in [-0.4, -0.2) is 30.9 Å². The third-order valence-corrected chi connectivity index (χ3v) is 5.61. The summed E-state index contributed by atoms with van der Waals surface area (Å²) in [4.78, 5) is 29.2. The summed E-state index contributed by atoms with van der Waals surface area (Å²) in [6.45, 7) is 2.15. The Morgan fingerprint density at radius 3 is 2.47 bits per heavy atom. The van der Waals surface area contributed by atoms with Gasteiger partial charge >= 0.3 is 0 Å². The third-order valence-electron chi connectivity index (χ3n) is 5.61. The topological polar surface area (TPSA) is 77.5 Å². The molecule has 2 aromatic rings. The van der Waals surface area contributed by atoms with Gasteiger partial charge in [-0.05, 0) is 82.8 Å². The van der Waals surface area contributed by atoms with E-state index in [1.807, 2.05) is 25.1 Å². The highest BCUT2D eigenvalue weighted by Crippen LogP contribution is 2.43. The van der Waals surface area contributed by atoms with Gasteiger partial charge < -0.3 is 14.8 Å². The van der Waals surface area contributed by atoms with Gasteiger partial charge in [-0.3, -0.25) is 14.6 Å². The molecule has 1 amide bonds. The highest BCUT2D eigenvalue weighted by Gasteiger charge is 2.26. The van der Waals surface area contributed by atoms with E-state index in [1.54, 1.807) is 30.5 Å². The first-order valence-corrected chi connectivity index (χ1v) is 10.6. The minimum atomic E-state index is -0.397. The highest BCUT2D eigenvalue weighted by molar-refractivity contribution is 6.10. The average Bonchev–Trinajstić information content (AvgIpc) is 3.09. The second-order valence-corrected chi connectivity index (χ2v) is 7.72. The molecule has 0 fully saturated rings. The van der Waals surface area contributed by atoms with Crippen molar-refractivity contribution >= 4 is 22.8 Å². The first-order valence-electron chi connectivity index (χ1n) is 10.6. The van der Waals surface area contributed by atoms with Crippen LogP contribution in [0.4, 0.5) is 4.39 Å². The summed E-state index contributed by atoms with van der Waals surface area (Å²) in [5.41, 5.74) is 5.05. The smallest absolute Gasteiger partial charge is 0.261 e. The van der Waals surface area contributed by atoms with Gasteiger partial charge in [-0.25, -0.2) is 4.39 Å². The summed E-state index contributed by atoms with van der Waals surface area (Å²) in [7, 11) is 2.84. The monoisotopic (exact) mass is 458 g/mol. The number of hydrogen-bond acceptors (Lipinski definition) is 5. The Balaban J connectivity index is 1.72. The van der Waals surface area contributed by atoms with Gasteiger partial charge in [0.2, 0.25) is 5.91 Å². The van der Waals surface area contributed by atoms with Crippen molar-refractivity contribution in [3.63, 3.8) is 0 Å². The van der Waals surface area contributed by atoms with Gasteiger partial charge in [0.15, 0.2) is 11.5 Å². The number of nitrogens with one attached hydrogen (secondary N) is 1. The number of benzene rings is 1. The molecule has 34 heavy (non-hydrogen) atoms. The van der Waals surface area contributed by atoms with E-state index in [9.17, 15) is 14.0 Å². The summed E-state index contributed by atoms with van der Waals surface area (Å²) < 4.78 is 24.5. The number of methoxy groups -OCH3 is 2. The molecule has 4 rings (SSSR count). The van der Waals surface area contributed by atoms with E-state index in [4.69, 9.17) is 9.47 Å². The SMILES string of the molecule is COC1=CC(=CC2=C(C)C(=CC(=O)NCc3ccccn3)c3cc(F)ccc32)C=C(OC)C1=O. The first kappa shape index (κ1) is 22.9. The number of amides is 1. The molecule has 0 radical (unpaired) electrons. The van der Waals surface area contributed by atoms with Crippen LogP contribution in [0.15, 0.2) is 89.6 Å². The van der Waals surface area contributed by atoms with Crippen LogP contribution in [-0.2, 0) is 25.6 Å². The number of rotatable bonds is 6. The predicted molar refractivity (Wildman–Crippen MR) is 126 cm³/mol. The molecular formula is C27H23FN2O4. The van der Waals surface area contributed by atoms with E-state index < -0.39 is 5.82 Å². The van der Waals surface area contributed by atoms with Crippen molar-refractivity contribution in [3.05, 3.63) is 112 Å². The second kappa shape index (κ2) is 9.70. The van der Waals surface area contributed by atoms with Crippen LogP contribution in [0.1, 0.15) is 23.7 Å². The van der Waals surface area contributed by atoms with Crippen molar-refractivity contribution in [2.75, 3.05) is 14.2 Å². The zero-order valence-electron chi connectivity index (χ0n) is 19.0. The fourth-order valence-electron chi connectivity index (χ4n) is 3.91. The molecule has 0 bridgehead atoms. The number of fused-ring (bicyclic) bond motifs is 1. The lowest BCUT2D eigenvalue weighted by atomic mass is 9.99. The fourth-order valence-corrected chi connectivity index (χ4v) is 3.91. The number of aromatic nitrogens is 1. The average molecular weight is 458 g/mol. The van der Waals surface area contributed by atoms with Crippen LogP contribution in [0.2, 0.25) is 0 Å². The third kappa shape index (κ3) is 4.59. The molecular weight excluding hydrogens is 435 g/mol. The van der Waals surface area contributed by atoms with Gasteiger partial charge in [0.1, 0.15) is 5.82 Å². The second-order valence-electron chi connectivity index (χ2n) is 7.72. The van der Waals surface area contributed by atoms with Crippen molar-refractivity contribution in [1.82, 2.24) is 10.3 Å². The number of Topliss-reactive ketones (excluding diaryl/α,β-unsaturated/α-hetero) is 1. The number of ketones is 1. The maximum atomic E-state index is 14.1. The maximum Gasteiger partial charge on any atom is 0.261 e. The summed E-state index contributed by atoms with van der Waals surface area (Å²) in [5.74, 6) is -0.731. The Kier molecular flexibility index (Phi) is 6.54. The van der Waals surface area contributed by atoms with Crippen LogP contribution in [0.5, 0.6) is 0 Å². The largest absolute Gasteiger partial charge is 0.492 e. The Hall–Kier alpha value is -4.26. The first-order chi connectivity index (χ1) is 16.4. The maximum absolute atomic E-state index is 14.1. The predicted octanol–water partition coefficient (Wildman–Crippen LogP) is 4.28. The number of pyridine rings is 1. The molecule has 0 saturated carbocycles. The van der Waals surface area contributed by atoms with Crippen LogP contribution < -0.4 is 5.32 Å². The lowest BCUT2D eigenvalue weighted by Gasteiger charge is -2.14. The zero-order chi connectivity index (χ0) is 24.2. The molecule has 2 aliphatic rings. The summed E-state index contributed by atoms with van der Waals surface area (Å²) in [6.07, 6.45) is 8.24. The van der Waals surface area contributed by atoms with Crippen molar-refractivity contribution in [2.45, 2.75) is 13.5 Å². The number of allylic oxidation sites excluding steroid dienone is 7. The van der Waals surface area contributed by atoms with Gasteiger partial charge in [-0.1, -0.05) is 12.1 Å². The molecule has 0 spiro atoms. The molecule has 172 valence electrons. The number of ether oxygens (including phenoxy) is 2. The zero-order valence-corrected chi connectivity index (χ0v) is 19.0. The molecule has 0 unspecified atom stereocenters. The van der Waals surface area contributed by atoms with Gasteiger partial charge in [-0.2, -0.15) is 0 Å². The summed E-state index contributed by atoms with van der Waals surface area (Å²) in [6, 6.07) is 9.96. The molecule has 2 aliphatic carbocycles. The number of carbonyl (C=O) groups is 2. The fraction of sp³-hybridized carbons (Fsp3) is 0.148. The van der Waals surface area contributed by atoms with Crippen molar-refractivity contribution in [3.8, 4) is 0 Å². The quantitative estimate of drug-likeness (QED) is 0.654. The molecule has 1 aromatic heterocycles. The number of halogens is 1. The van der Waals surface area contributed by atoms with E-state index in [1.165, 1.54) is 32.4 Å². The standard InChI is InChI=1S/C27H23FN2O4/c1-16-21(10-17-11-24(33-2)27(32)25(12-17)34-3)20-8-7-18(28)13-23(20)22(16)14-26(31)30-15-19-6-4-5-9-29-19/h4-14H,15H2,1-3H3,(H,30,31). The molecule has 0 aliphatic heterocycles. The molecule has 0 saturated heterocycles. The Labute approximate surface area is 196 Å². The molecule has 1 aromatic carbocycles. The molecule has 7 heteroatoms. The summed E-state index contributed by atoms with van der Waals surface area (Å²) in [5, 5.41) is 2.82. The highest BCUT2D eigenvalue weighted by atomic mass is 19.1. The lowest BCUT2D eigenvalue weighted by molar-refractivity contribution is -0.118. The minimum absolute atomic E-state index is 0.158. The van der Waals surface area contributed by atoms with E-state index in [-0.39, 0.29) is 29.8 Å². The summed E-state index contributed by atoms with van der Waals surface area (Å²) >= 11 is 0. The van der Waals surface area contributed by atoms with Crippen LogP contribution >= 0.6 is 0 Å². The van der Waals surface area contributed by atoms with Crippen molar-refractivity contribution in [2.24, 2.45) is 0 Å². The van der Waals surface area contributed by atoms with E-state index >= 15 is 0 Å². The number of carbonyl (C=O) groups excluding carboxylic acids is 2. The van der Waals surface area contributed by atoms with Gasteiger partial charge in [0.05, 0.1) is 26.5 Å². The van der Waals surface area contributed by atoms with Crippen molar-refractivity contribution < 1.29 is 23.5 Å². The molecule has 1 heterocycles. The van der Waals surface area contributed by atoms with E-state index in [2.05, 4.69) is 10.3 Å². The minimum Gasteiger partial charge on any atom is -0.492 e. The van der Waals surface area contributed by atoms with Crippen LogP contribution in [0.25, 0.3) is 11.1 Å². The molecule has 1 N–H and O–H groups in total.